The highest BCUT2D eigenvalue weighted by atomic mass is 19.4. The first-order chi connectivity index (χ1) is 16.9. The molecule has 1 saturated carbocycles. The Balaban J connectivity index is 1.64. The van der Waals surface area contributed by atoms with Gasteiger partial charge in [0.1, 0.15) is 6.10 Å². The van der Waals surface area contributed by atoms with E-state index in [-0.39, 0.29) is 35.2 Å². The predicted molar refractivity (Wildman–Crippen MR) is 128 cm³/mol. The summed E-state index contributed by atoms with van der Waals surface area (Å²) in [5.41, 5.74) is 11.8. The molecule has 0 unspecified atom stereocenters. The molecule has 5 N–H and O–H groups in total. The summed E-state index contributed by atoms with van der Waals surface area (Å²) in [5.74, 6) is -1.09. The quantitative estimate of drug-likeness (QED) is 0.512. The molecule has 1 amide bonds. The average Bonchev–Trinajstić information content (AvgIpc) is 3.18. The Kier molecular flexibility index (Phi) is 7.05. The van der Waals surface area contributed by atoms with Crippen molar-refractivity contribution in [3.05, 3.63) is 40.7 Å². The number of anilines is 1. The third-order valence-corrected chi connectivity index (χ3v) is 7.07. The molecule has 4 rings (SSSR count). The third kappa shape index (κ3) is 5.50. The number of ether oxygens (including phenoxy) is 1. The summed E-state index contributed by atoms with van der Waals surface area (Å²) < 4.78 is 48.1. The van der Waals surface area contributed by atoms with E-state index in [9.17, 15) is 22.8 Å². The number of hydrogen-bond donors (Lipinski definition) is 3. The van der Waals surface area contributed by atoms with Crippen LogP contribution >= 0.6 is 0 Å². The standard InChI is InChI=1S/C25H32F3N5O3/c1-24(2)10-9-18-20(12-24)33(32-22(18)25(26,27)28)15-5-8-17(23(30)35)19(11-15)31-14-3-6-16(7-4-14)36-21(34)13-29/h5,8,11,14,16,31H,3-4,6-7,9-10,12-13,29H2,1-2H3,(H2,30,35)/t14-,16-. The first-order valence-corrected chi connectivity index (χ1v) is 12.2. The van der Waals surface area contributed by atoms with Gasteiger partial charge in [-0.2, -0.15) is 18.3 Å². The molecule has 8 nitrogen and oxygen atoms in total. The number of aromatic nitrogens is 2. The Bertz CT molecular complexity index is 1150. The number of fused-ring (bicyclic) bond motifs is 1. The smallest absolute Gasteiger partial charge is 0.435 e. The lowest BCUT2D eigenvalue weighted by Crippen LogP contribution is -2.33. The number of nitrogens with two attached hydrogens (primary N) is 2. The number of amides is 1. The zero-order chi connectivity index (χ0) is 26.3. The molecule has 0 aliphatic heterocycles. The van der Waals surface area contributed by atoms with Gasteiger partial charge in [-0.25, -0.2) is 4.68 Å². The van der Waals surface area contributed by atoms with Gasteiger partial charge in [-0.1, -0.05) is 13.8 Å². The van der Waals surface area contributed by atoms with Crippen LogP contribution < -0.4 is 16.8 Å². The van der Waals surface area contributed by atoms with Crippen molar-refractivity contribution in [2.75, 3.05) is 11.9 Å². The van der Waals surface area contributed by atoms with E-state index in [2.05, 4.69) is 10.4 Å². The molecule has 1 fully saturated rings. The molecule has 36 heavy (non-hydrogen) atoms. The van der Waals surface area contributed by atoms with E-state index in [1.807, 2.05) is 13.8 Å². The molecule has 11 heteroatoms. The predicted octanol–water partition coefficient (Wildman–Crippen LogP) is 3.73. The van der Waals surface area contributed by atoms with Gasteiger partial charge in [-0.05, 0) is 68.6 Å². The van der Waals surface area contributed by atoms with Crippen LogP contribution in [-0.2, 0) is 28.5 Å². The molecule has 0 saturated heterocycles. The van der Waals surface area contributed by atoms with Crippen molar-refractivity contribution in [3.8, 4) is 5.69 Å². The average molecular weight is 508 g/mol. The number of nitrogens with one attached hydrogen (secondary N) is 1. The minimum absolute atomic E-state index is 0.0256. The molecule has 0 bridgehead atoms. The maximum Gasteiger partial charge on any atom is 0.435 e. The van der Waals surface area contributed by atoms with Gasteiger partial charge in [-0.15, -0.1) is 0 Å². The number of alkyl halides is 3. The minimum atomic E-state index is -4.56. The fourth-order valence-electron chi connectivity index (χ4n) is 5.15. The number of carbonyl (C=O) groups excluding carboxylic acids is 2. The lowest BCUT2D eigenvalue weighted by atomic mass is 9.76. The molecule has 0 atom stereocenters. The summed E-state index contributed by atoms with van der Waals surface area (Å²) in [7, 11) is 0. The maximum absolute atomic E-state index is 13.8. The highest BCUT2D eigenvalue weighted by molar-refractivity contribution is 5.99. The van der Waals surface area contributed by atoms with Crippen LogP contribution in [0.4, 0.5) is 18.9 Å². The number of hydrogen-bond acceptors (Lipinski definition) is 6. The Morgan fingerprint density at radius 2 is 1.92 bits per heavy atom. The van der Waals surface area contributed by atoms with Crippen LogP contribution in [0, 0.1) is 5.41 Å². The van der Waals surface area contributed by atoms with Crippen LogP contribution in [0.5, 0.6) is 0 Å². The van der Waals surface area contributed by atoms with E-state index in [0.29, 0.717) is 62.0 Å². The van der Waals surface area contributed by atoms with Crippen LogP contribution in [0.1, 0.15) is 73.3 Å². The van der Waals surface area contributed by atoms with Gasteiger partial charge >= 0.3 is 12.1 Å². The highest BCUT2D eigenvalue weighted by Crippen LogP contribution is 2.42. The topological polar surface area (TPSA) is 125 Å². The fourth-order valence-corrected chi connectivity index (χ4v) is 5.15. The van der Waals surface area contributed by atoms with Gasteiger partial charge in [-0.3, -0.25) is 9.59 Å². The van der Waals surface area contributed by atoms with Crippen LogP contribution in [0.25, 0.3) is 5.69 Å². The molecule has 2 aromatic rings. The lowest BCUT2D eigenvalue weighted by molar-refractivity contribution is -0.148. The highest BCUT2D eigenvalue weighted by Gasteiger charge is 2.42. The van der Waals surface area contributed by atoms with Crippen LogP contribution in [-0.4, -0.2) is 40.3 Å². The van der Waals surface area contributed by atoms with Crippen molar-refractivity contribution >= 4 is 17.6 Å². The van der Waals surface area contributed by atoms with Crippen molar-refractivity contribution in [1.29, 1.82) is 0 Å². The van der Waals surface area contributed by atoms with E-state index >= 15 is 0 Å². The second-order valence-corrected chi connectivity index (χ2v) is 10.4. The van der Waals surface area contributed by atoms with Gasteiger partial charge < -0.3 is 21.5 Å². The molecular weight excluding hydrogens is 475 g/mol. The van der Waals surface area contributed by atoms with Gasteiger partial charge in [0.2, 0.25) is 0 Å². The molecule has 1 aromatic heterocycles. The first-order valence-electron chi connectivity index (χ1n) is 12.2. The van der Waals surface area contributed by atoms with Crippen molar-refractivity contribution in [3.63, 3.8) is 0 Å². The summed E-state index contributed by atoms with van der Waals surface area (Å²) >= 11 is 0. The molecule has 0 radical (unpaired) electrons. The number of benzene rings is 1. The SMILES string of the molecule is CC1(C)CCc2c(C(F)(F)F)nn(-c3ccc(C(N)=O)c(N[C@H]4CC[C@H](OC(=O)CN)CC4)c3)c2C1. The zero-order valence-electron chi connectivity index (χ0n) is 20.5. The second kappa shape index (κ2) is 9.76. The Morgan fingerprint density at radius 3 is 2.53 bits per heavy atom. The summed E-state index contributed by atoms with van der Waals surface area (Å²) in [6.07, 6.45) is -0.749. The number of primary amides is 1. The number of rotatable bonds is 6. The van der Waals surface area contributed by atoms with E-state index in [1.165, 1.54) is 10.7 Å². The minimum Gasteiger partial charge on any atom is -0.461 e. The van der Waals surface area contributed by atoms with E-state index in [1.54, 1.807) is 12.1 Å². The monoisotopic (exact) mass is 507 g/mol. The lowest BCUT2D eigenvalue weighted by Gasteiger charge is -2.31. The molecule has 1 aromatic carbocycles. The van der Waals surface area contributed by atoms with Gasteiger partial charge in [0.05, 0.1) is 17.8 Å². The normalized spacial score (nSPS) is 21.5. The van der Waals surface area contributed by atoms with Crippen molar-refractivity contribution in [1.82, 2.24) is 9.78 Å². The Hall–Kier alpha value is -3.08. The maximum atomic E-state index is 13.8. The van der Waals surface area contributed by atoms with E-state index in [4.69, 9.17) is 16.2 Å². The molecular formula is C25H32F3N5O3. The number of halogens is 3. The van der Waals surface area contributed by atoms with Gasteiger partial charge in [0, 0.05) is 23.0 Å². The summed E-state index contributed by atoms with van der Waals surface area (Å²) in [5, 5.41) is 7.33. The molecule has 1 heterocycles. The summed E-state index contributed by atoms with van der Waals surface area (Å²) in [6, 6.07) is 4.70. The molecule has 0 spiro atoms. The van der Waals surface area contributed by atoms with Crippen molar-refractivity contribution < 1.29 is 27.5 Å². The first kappa shape index (κ1) is 26.0. The Labute approximate surface area is 207 Å². The number of esters is 1. The van der Waals surface area contributed by atoms with E-state index in [0.717, 1.165) is 0 Å². The van der Waals surface area contributed by atoms with E-state index < -0.39 is 23.7 Å². The fraction of sp³-hybridized carbons (Fsp3) is 0.560. The summed E-state index contributed by atoms with van der Waals surface area (Å²) in [6.45, 7) is 3.90. The number of carbonyl (C=O) groups is 2. The largest absolute Gasteiger partial charge is 0.461 e. The third-order valence-electron chi connectivity index (χ3n) is 7.07. The van der Waals surface area contributed by atoms with Crippen LogP contribution in [0.2, 0.25) is 0 Å². The Morgan fingerprint density at radius 1 is 1.22 bits per heavy atom. The van der Waals surface area contributed by atoms with Crippen molar-refractivity contribution in [2.45, 2.75) is 77.1 Å². The molecule has 2 aliphatic carbocycles. The van der Waals surface area contributed by atoms with Gasteiger partial charge in [0.25, 0.3) is 5.91 Å². The van der Waals surface area contributed by atoms with Crippen LogP contribution in [0.15, 0.2) is 18.2 Å². The molecule has 196 valence electrons. The number of nitrogens with zero attached hydrogens (tertiary/aromatic N) is 2. The zero-order valence-corrected chi connectivity index (χ0v) is 20.5. The second-order valence-electron chi connectivity index (χ2n) is 10.4. The van der Waals surface area contributed by atoms with Gasteiger partial charge in [0.15, 0.2) is 5.69 Å². The molecule has 2 aliphatic rings. The van der Waals surface area contributed by atoms with Crippen LogP contribution in [0.3, 0.4) is 0 Å². The summed E-state index contributed by atoms with van der Waals surface area (Å²) in [4.78, 5) is 23.6. The van der Waals surface area contributed by atoms with Crippen molar-refractivity contribution in [2.24, 2.45) is 16.9 Å².